The maximum Gasteiger partial charge on any atom is 0.0184 e. The number of allylic oxidation sites excluding steroid dienone is 1. The molecule has 0 aromatic heterocycles. The maximum absolute atomic E-state index is 5.71. The Bertz CT molecular complexity index is 313. The van der Waals surface area contributed by atoms with Gasteiger partial charge in [0.1, 0.15) is 0 Å². The van der Waals surface area contributed by atoms with Gasteiger partial charge in [0.05, 0.1) is 0 Å². The van der Waals surface area contributed by atoms with E-state index in [1.54, 1.807) is 0 Å². The molecule has 0 aliphatic carbocycles. The van der Waals surface area contributed by atoms with E-state index in [0.717, 1.165) is 6.42 Å². The van der Waals surface area contributed by atoms with Crippen molar-refractivity contribution in [3.8, 4) is 0 Å². The average molecular weight is 189 g/mol. The van der Waals surface area contributed by atoms with Gasteiger partial charge in [0.25, 0.3) is 0 Å². The van der Waals surface area contributed by atoms with Crippen LogP contribution in [0.4, 0.5) is 0 Å². The zero-order valence-electron chi connectivity index (χ0n) is 9.09. The summed E-state index contributed by atoms with van der Waals surface area (Å²) in [7, 11) is 0. The zero-order chi connectivity index (χ0) is 10.4. The van der Waals surface area contributed by atoms with Crippen LogP contribution < -0.4 is 5.73 Å². The molecule has 0 saturated carbocycles. The second kappa shape index (κ2) is 5.61. The topological polar surface area (TPSA) is 26.0 Å². The minimum Gasteiger partial charge on any atom is -0.326 e. The summed E-state index contributed by atoms with van der Waals surface area (Å²) in [6.07, 6.45) is 6.55. The molecular weight excluding hydrogens is 170 g/mol. The molecule has 0 radical (unpaired) electrons. The first-order valence-electron chi connectivity index (χ1n) is 5.27. The number of hydrogen-bond donors (Lipinski definition) is 1. The van der Waals surface area contributed by atoms with Crippen LogP contribution >= 0.6 is 0 Å². The lowest BCUT2D eigenvalue weighted by Gasteiger charge is -2.09. The van der Waals surface area contributed by atoms with Crippen LogP contribution in [0, 0.1) is 0 Å². The predicted octanol–water partition coefficient (Wildman–Crippen LogP) is 3.13. The Morgan fingerprint density at radius 2 is 2.00 bits per heavy atom. The second-order valence-corrected chi connectivity index (χ2v) is 3.44. The quantitative estimate of drug-likeness (QED) is 0.773. The Morgan fingerprint density at radius 3 is 2.57 bits per heavy atom. The Balaban J connectivity index is 3.13. The zero-order valence-corrected chi connectivity index (χ0v) is 9.09. The van der Waals surface area contributed by atoms with Crippen LogP contribution in [-0.2, 0) is 13.0 Å². The van der Waals surface area contributed by atoms with E-state index in [-0.39, 0.29) is 0 Å². The van der Waals surface area contributed by atoms with Crippen molar-refractivity contribution in [3.05, 3.63) is 41.0 Å². The highest BCUT2D eigenvalue weighted by molar-refractivity contribution is 5.58. The third-order valence-corrected chi connectivity index (χ3v) is 2.36. The molecule has 76 valence electrons. The van der Waals surface area contributed by atoms with Crippen LogP contribution in [-0.4, -0.2) is 0 Å². The predicted molar refractivity (Wildman–Crippen MR) is 63.0 cm³/mol. The molecule has 0 amide bonds. The van der Waals surface area contributed by atoms with Crippen LogP contribution in [0.1, 0.15) is 37.0 Å². The van der Waals surface area contributed by atoms with Crippen molar-refractivity contribution < 1.29 is 0 Å². The lowest BCUT2D eigenvalue weighted by Crippen LogP contribution is -2.01. The van der Waals surface area contributed by atoms with Gasteiger partial charge < -0.3 is 5.73 Å². The van der Waals surface area contributed by atoms with E-state index in [4.69, 9.17) is 5.73 Å². The van der Waals surface area contributed by atoms with E-state index in [2.05, 4.69) is 37.3 Å². The molecule has 0 atom stereocenters. The summed E-state index contributed by atoms with van der Waals surface area (Å²) >= 11 is 0. The lowest BCUT2D eigenvalue weighted by molar-refractivity contribution is 0.912. The van der Waals surface area contributed by atoms with E-state index in [1.807, 2.05) is 6.92 Å². The number of aryl methyl sites for hydroxylation is 1. The van der Waals surface area contributed by atoms with Crippen LogP contribution in [0.2, 0.25) is 0 Å². The van der Waals surface area contributed by atoms with Gasteiger partial charge in [-0.05, 0) is 30.0 Å². The van der Waals surface area contributed by atoms with E-state index >= 15 is 0 Å². The molecule has 1 heteroatoms. The Labute approximate surface area is 86.6 Å². The molecule has 1 aromatic rings. The monoisotopic (exact) mass is 189 g/mol. The fourth-order valence-corrected chi connectivity index (χ4v) is 1.71. The van der Waals surface area contributed by atoms with Gasteiger partial charge in [-0.2, -0.15) is 0 Å². The molecule has 0 spiro atoms. The molecule has 0 aliphatic heterocycles. The summed E-state index contributed by atoms with van der Waals surface area (Å²) in [5.41, 5.74) is 9.69. The van der Waals surface area contributed by atoms with Crippen molar-refractivity contribution in [1.82, 2.24) is 0 Å². The van der Waals surface area contributed by atoms with Gasteiger partial charge in [0.15, 0.2) is 0 Å². The van der Waals surface area contributed by atoms with Crippen molar-refractivity contribution in [1.29, 1.82) is 0 Å². The molecule has 0 fully saturated rings. The second-order valence-electron chi connectivity index (χ2n) is 3.44. The van der Waals surface area contributed by atoms with Gasteiger partial charge in [-0.1, -0.05) is 43.7 Å². The molecule has 0 heterocycles. The highest BCUT2D eigenvalue weighted by Crippen LogP contribution is 2.18. The Morgan fingerprint density at radius 1 is 1.29 bits per heavy atom. The Kier molecular flexibility index (Phi) is 4.41. The van der Waals surface area contributed by atoms with Gasteiger partial charge >= 0.3 is 0 Å². The molecule has 0 aliphatic rings. The van der Waals surface area contributed by atoms with Crippen LogP contribution in [0.25, 0.3) is 6.08 Å². The molecular formula is C13H19N. The molecule has 1 nitrogen and oxygen atoms in total. The lowest BCUT2D eigenvalue weighted by atomic mass is 9.97. The van der Waals surface area contributed by atoms with Crippen LogP contribution in [0.5, 0.6) is 0 Å². The summed E-state index contributed by atoms with van der Waals surface area (Å²) in [5.74, 6) is 0. The SMILES string of the molecule is C/C=C\c1c(CN)cccc1CCC. The molecule has 2 N–H and O–H groups in total. The van der Waals surface area contributed by atoms with Gasteiger partial charge in [-0.25, -0.2) is 0 Å². The smallest absolute Gasteiger partial charge is 0.0184 e. The molecule has 1 aromatic carbocycles. The fraction of sp³-hybridized carbons (Fsp3) is 0.385. The summed E-state index contributed by atoms with van der Waals surface area (Å²) in [6, 6.07) is 6.40. The van der Waals surface area contributed by atoms with E-state index in [9.17, 15) is 0 Å². The van der Waals surface area contributed by atoms with Gasteiger partial charge in [0, 0.05) is 6.54 Å². The van der Waals surface area contributed by atoms with Crippen LogP contribution in [0.3, 0.4) is 0 Å². The standard InChI is InChI=1S/C13H19N/c1-3-6-11-8-5-9-12(10-14)13(11)7-4-2/h4-5,7-9H,3,6,10,14H2,1-2H3/b7-4-. The highest BCUT2D eigenvalue weighted by Gasteiger charge is 2.02. The van der Waals surface area contributed by atoms with Crippen molar-refractivity contribution in [2.45, 2.75) is 33.2 Å². The summed E-state index contributed by atoms with van der Waals surface area (Å²) in [6.45, 7) is 4.87. The molecule has 0 unspecified atom stereocenters. The molecule has 1 rings (SSSR count). The molecule has 0 bridgehead atoms. The highest BCUT2D eigenvalue weighted by atomic mass is 14.5. The van der Waals surface area contributed by atoms with Crippen molar-refractivity contribution in [2.24, 2.45) is 5.73 Å². The average Bonchev–Trinajstić information content (AvgIpc) is 2.21. The minimum absolute atomic E-state index is 0.622. The van der Waals surface area contributed by atoms with E-state index < -0.39 is 0 Å². The van der Waals surface area contributed by atoms with E-state index in [1.165, 1.54) is 23.1 Å². The minimum atomic E-state index is 0.622. The van der Waals surface area contributed by atoms with E-state index in [0.29, 0.717) is 6.54 Å². The largest absolute Gasteiger partial charge is 0.326 e. The number of hydrogen-bond acceptors (Lipinski definition) is 1. The van der Waals surface area contributed by atoms with Crippen molar-refractivity contribution in [2.75, 3.05) is 0 Å². The van der Waals surface area contributed by atoms with Gasteiger partial charge in [-0.15, -0.1) is 0 Å². The van der Waals surface area contributed by atoms with Crippen molar-refractivity contribution >= 4 is 6.08 Å². The first-order valence-corrected chi connectivity index (χ1v) is 5.27. The van der Waals surface area contributed by atoms with Gasteiger partial charge in [0.2, 0.25) is 0 Å². The number of rotatable bonds is 4. The summed E-state index contributed by atoms with van der Waals surface area (Å²) < 4.78 is 0. The normalized spacial score (nSPS) is 11.1. The summed E-state index contributed by atoms with van der Waals surface area (Å²) in [5, 5.41) is 0. The first kappa shape index (κ1) is 11.0. The number of benzene rings is 1. The van der Waals surface area contributed by atoms with Gasteiger partial charge in [-0.3, -0.25) is 0 Å². The fourth-order valence-electron chi connectivity index (χ4n) is 1.71. The first-order chi connectivity index (χ1) is 6.83. The summed E-state index contributed by atoms with van der Waals surface area (Å²) in [4.78, 5) is 0. The maximum atomic E-state index is 5.71. The third kappa shape index (κ3) is 2.46. The number of nitrogens with two attached hydrogens (primary N) is 1. The van der Waals surface area contributed by atoms with Crippen molar-refractivity contribution in [3.63, 3.8) is 0 Å². The molecule has 14 heavy (non-hydrogen) atoms. The third-order valence-electron chi connectivity index (χ3n) is 2.36. The van der Waals surface area contributed by atoms with Crippen LogP contribution in [0.15, 0.2) is 24.3 Å². The molecule has 0 saturated heterocycles. The Hall–Kier alpha value is -1.08.